The molecule has 0 fully saturated rings. The summed E-state index contributed by atoms with van der Waals surface area (Å²) in [5, 5.41) is 6.78. The van der Waals surface area contributed by atoms with Crippen LogP contribution in [0.3, 0.4) is 0 Å². The molecule has 0 spiro atoms. The quantitative estimate of drug-likeness (QED) is 0.375. The van der Waals surface area contributed by atoms with Crippen molar-refractivity contribution in [1.29, 1.82) is 0 Å². The third-order valence-corrected chi connectivity index (χ3v) is 6.21. The molecule has 2 aromatic carbocycles. The number of carbonyl (C=O) groups excluding carboxylic acids is 2. The fourth-order valence-electron chi connectivity index (χ4n) is 4.10. The van der Waals surface area contributed by atoms with Gasteiger partial charge in [-0.2, -0.15) is 0 Å². The molecule has 3 rings (SSSR count). The molecule has 0 aliphatic rings. The van der Waals surface area contributed by atoms with Gasteiger partial charge in [0.2, 0.25) is 0 Å². The number of fused-ring (bicyclic) bond motifs is 1. The number of benzene rings is 2. The average molecular weight is 493 g/mol. The van der Waals surface area contributed by atoms with Gasteiger partial charge in [-0.25, -0.2) is 0 Å². The van der Waals surface area contributed by atoms with Gasteiger partial charge in [-0.3, -0.25) is 9.59 Å². The van der Waals surface area contributed by atoms with Crippen molar-refractivity contribution in [3.05, 3.63) is 65.5 Å². The first-order valence-corrected chi connectivity index (χ1v) is 12.3. The lowest BCUT2D eigenvalue weighted by molar-refractivity contribution is -0.117. The van der Waals surface area contributed by atoms with Crippen LogP contribution in [0.2, 0.25) is 0 Å². The number of rotatable bonds is 12. The van der Waals surface area contributed by atoms with E-state index < -0.39 is 5.91 Å². The molecule has 0 radical (unpaired) electrons. The second-order valence-corrected chi connectivity index (χ2v) is 8.25. The van der Waals surface area contributed by atoms with E-state index >= 15 is 0 Å². The molecule has 192 valence electrons. The van der Waals surface area contributed by atoms with E-state index in [-0.39, 0.29) is 11.6 Å². The molecule has 0 saturated heterocycles. The van der Waals surface area contributed by atoms with Crippen LogP contribution in [-0.4, -0.2) is 61.7 Å². The van der Waals surface area contributed by atoms with Crippen LogP contribution < -0.4 is 20.1 Å². The minimum absolute atomic E-state index is 0.174. The van der Waals surface area contributed by atoms with E-state index in [2.05, 4.69) is 40.9 Å². The molecule has 8 heteroatoms. The SMILES string of the molecule is CCN(CC)CCNC(=O)C(=Cc1cn(CC)c2ccccc12)NC(=O)c1ccc(OC)c(OC)c1. The molecule has 36 heavy (non-hydrogen) atoms. The number of aryl methyl sites for hydroxylation is 1. The summed E-state index contributed by atoms with van der Waals surface area (Å²) in [4.78, 5) is 28.6. The Labute approximate surface area is 212 Å². The van der Waals surface area contributed by atoms with Gasteiger partial charge in [-0.15, -0.1) is 0 Å². The van der Waals surface area contributed by atoms with Crippen LogP contribution in [0.4, 0.5) is 0 Å². The topological polar surface area (TPSA) is 84.8 Å². The lowest BCUT2D eigenvalue weighted by atomic mass is 10.1. The number of hydrogen-bond acceptors (Lipinski definition) is 5. The number of methoxy groups -OCH3 is 2. The number of carbonyl (C=O) groups is 2. The van der Waals surface area contributed by atoms with Crippen molar-refractivity contribution in [2.24, 2.45) is 0 Å². The smallest absolute Gasteiger partial charge is 0.267 e. The van der Waals surface area contributed by atoms with E-state index in [0.29, 0.717) is 23.6 Å². The number of ether oxygens (including phenoxy) is 2. The van der Waals surface area contributed by atoms with Crippen LogP contribution in [0, 0.1) is 0 Å². The average Bonchev–Trinajstić information content (AvgIpc) is 3.27. The number of aromatic nitrogens is 1. The van der Waals surface area contributed by atoms with Gasteiger partial charge in [0.15, 0.2) is 11.5 Å². The summed E-state index contributed by atoms with van der Waals surface area (Å²) in [6.07, 6.45) is 3.73. The number of para-hydroxylation sites is 1. The highest BCUT2D eigenvalue weighted by Crippen LogP contribution is 2.28. The molecule has 2 N–H and O–H groups in total. The van der Waals surface area contributed by atoms with Gasteiger partial charge in [-0.1, -0.05) is 32.0 Å². The number of nitrogens with zero attached hydrogens (tertiary/aromatic N) is 2. The van der Waals surface area contributed by atoms with Crippen molar-refractivity contribution < 1.29 is 19.1 Å². The van der Waals surface area contributed by atoms with Gasteiger partial charge >= 0.3 is 0 Å². The maximum absolute atomic E-state index is 13.2. The molecule has 0 unspecified atom stereocenters. The van der Waals surface area contributed by atoms with Gasteiger partial charge in [0.1, 0.15) is 5.70 Å². The Bertz CT molecular complexity index is 1230. The van der Waals surface area contributed by atoms with E-state index in [4.69, 9.17) is 9.47 Å². The summed E-state index contributed by atoms with van der Waals surface area (Å²) >= 11 is 0. The third kappa shape index (κ3) is 6.26. The number of nitrogens with one attached hydrogen (secondary N) is 2. The minimum atomic E-state index is -0.416. The second-order valence-electron chi connectivity index (χ2n) is 8.25. The highest BCUT2D eigenvalue weighted by atomic mass is 16.5. The summed E-state index contributed by atoms with van der Waals surface area (Å²) in [6, 6.07) is 12.9. The maximum Gasteiger partial charge on any atom is 0.267 e. The Morgan fingerprint density at radius 3 is 2.39 bits per heavy atom. The van der Waals surface area contributed by atoms with Crippen LogP contribution in [0.5, 0.6) is 11.5 Å². The molecule has 0 bridgehead atoms. The first-order chi connectivity index (χ1) is 17.4. The first kappa shape index (κ1) is 26.8. The largest absolute Gasteiger partial charge is 0.493 e. The number of hydrogen-bond donors (Lipinski definition) is 2. The molecule has 1 aromatic heterocycles. The Hall–Kier alpha value is -3.78. The number of amides is 2. The summed E-state index contributed by atoms with van der Waals surface area (Å²) < 4.78 is 12.7. The molecule has 0 atom stereocenters. The Balaban J connectivity index is 1.93. The summed E-state index contributed by atoms with van der Waals surface area (Å²) in [5.74, 6) is 0.196. The monoisotopic (exact) mass is 492 g/mol. The highest BCUT2D eigenvalue weighted by Gasteiger charge is 2.18. The summed E-state index contributed by atoms with van der Waals surface area (Å²) in [7, 11) is 3.05. The molecular formula is C28H36N4O4. The Morgan fingerprint density at radius 1 is 1.00 bits per heavy atom. The molecule has 3 aromatic rings. The zero-order chi connectivity index (χ0) is 26.1. The molecule has 0 saturated carbocycles. The summed E-state index contributed by atoms with van der Waals surface area (Å²) in [5.41, 5.74) is 2.45. The van der Waals surface area contributed by atoms with Crippen LogP contribution in [0.25, 0.3) is 17.0 Å². The van der Waals surface area contributed by atoms with Gasteiger partial charge in [-0.05, 0) is 50.4 Å². The van der Waals surface area contributed by atoms with Gasteiger partial charge < -0.3 is 29.6 Å². The van der Waals surface area contributed by atoms with Gasteiger partial charge in [0, 0.05) is 47.9 Å². The van der Waals surface area contributed by atoms with Crippen molar-refractivity contribution in [3.63, 3.8) is 0 Å². The van der Waals surface area contributed by atoms with E-state index in [9.17, 15) is 9.59 Å². The van der Waals surface area contributed by atoms with Crippen molar-refractivity contribution in [3.8, 4) is 11.5 Å². The van der Waals surface area contributed by atoms with Crippen molar-refractivity contribution in [2.75, 3.05) is 40.4 Å². The molecule has 8 nitrogen and oxygen atoms in total. The van der Waals surface area contributed by atoms with Crippen molar-refractivity contribution in [1.82, 2.24) is 20.1 Å². The van der Waals surface area contributed by atoms with Crippen LogP contribution in [-0.2, 0) is 11.3 Å². The normalized spacial score (nSPS) is 11.6. The molecule has 2 amide bonds. The molecular weight excluding hydrogens is 456 g/mol. The Kier molecular flexibility index (Phi) is 9.53. The van der Waals surface area contributed by atoms with Crippen LogP contribution in [0.15, 0.2) is 54.4 Å². The number of likely N-dealkylation sites (N-methyl/N-ethyl adjacent to an activating group) is 1. The van der Waals surface area contributed by atoms with Crippen LogP contribution >= 0.6 is 0 Å². The Morgan fingerprint density at radius 2 is 1.72 bits per heavy atom. The van der Waals surface area contributed by atoms with Gasteiger partial charge in [0.05, 0.1) is 14.2 Å². The van der Waals surface area contributed by atoms with E-state index in [0.717, 1.165) is 42.6 Å². The first-order valence-electron chi connectivity index (χ1n) is 12.3. The zero-order valence-corrected chi connectivity index (χ0v) is 21.8. The lowest BCUT2D eigenvalue weighted by Crippen LogP contribution is -2.39. The summed E-state index contributed by atoms with van der Waals surface area (Å²) in [6.45, 7) is 10.0. The second kappa shape index (κ2) is 12.8. The highest BCUT2D eigenvalue weighted by molar-refractivity contribution is 6.06. The van der Waals surface area contributed by atoms with Crippen LogP contribution in [0.1, 0.15) is 36.7 Å². The molecule has 1 heterocycles. The lowest BCUT2D eigenvalue weighted by Gasteiger charge is -2.18. The predicted octanol–water partition coefficient (Wildman–Crippen LogP) is 3.91. The van der Waals surface area contributed by atoms with Gasteiger partial charge in [0.25, 0.3) is 11.8 Å². The standard InChI is InChI=1S/C28H36N4O4/c1-6-31(7-2)16-15-29-28(34)23(17-21-19-32(8-3)24-12-10-9-11-22(21)24)30-27(33)20-13-14-25(35-4)26(18-20)36-5/h9-14,17-19H,6-8,15-16H2,1-5H3,(H,29,34)(H,30,33). The molecule has 0 aliphatic heterocycles. The maximum atomic E-state index is 13.2. The van der Waals surface area contributed by atoms with E-state index in [1.54, 1.807) is 24.3 Å². The van der Waals surface area contributed by atoms with E-state index in [1.807, 2.05) is 30.5 Å². The van der Waals surface area contributed by atoms with E-state index in [1.165, 1.54) is 14.2 Å². The fraction of sp³-hybridized carbons (Fsp3) is 0.357. The third-order valence-electron chi connectivity index (χ3n) is 6.21. The fourth-order valence-corrected chi connectivity index (χ4v) is 4.10. The van der Waals surface area contributed by atoms with Crippen molar-refractivity contribution in [2.45, 2.75) is 27.3 Å². The van der Waals surface area contributed by atoms with Crippen molar-refractivity contribution >= 4 is 28.8 Å². The molecule has 0 aliphatic carbocycles. The minimum Gasteiger partial charge on any atom is -0.493 e. The zero-order valence-electron chi connectivity index (χ0n) is 21.8. The predicted molar refractivity (Wildman–Crippen MR) is 143 cm³/mol.